The molecule has 3 rings (SSSR count). The van der Waals surface area contributed by atoms with Gasteiger partial charge in [-0.3, -0.25) is 0 Å². The molecule has 0 saturated carbocycles. The fraction of sp³-hybridized carbons (Fsp3) is 0.412. The first-order valence-corrected chi connectivity index (χ1v) is 7.28. The van der Waals surface area contributed by atoms with E-state index in [9.17, 15) is 0 Å². The van der Waals surface area contributed by atoms with Gasteiger partial charge < -0.3 is 9.73 Å². The Balaban J connectivity index is 1.83. The maximum Gasteiger partial charge on any atom is 0.134 e. The SMILES string of the molecule is CCNCc1ccc(-c2ccc3c(c2)CCCC3)o1. The summed E-state index contributed by atoms with van der Waals surface area (Å²) < 4.78 is 5.90. The number of benzene rings is 1. The predicted molar refractivity (Wildman–Crippen MR) is 78.2 cm³/mol. The van der Waals surface area contributed by atoms with Gasteiger partial charge in [0.1, 0.15) is 11.5 Å². The van der Waals surface area contributed by atoms with Gasteiger partial charge in [-0.1, -0.05) is 19.1 Å². The lowest BCUT2D eigenvalue weighted by Gasteiger charge is -2.15. The average molecular weight is 255 g/mol. The molecule has 0 unspecified atom stereocenters. The Morgan fingerprint density at radius 3 is 2.74 bits per heavy atom. The maximum atomic E-state index is 5.90. The van der Waals surface area contributed by atoms with Crippen molar-refractivity contribution >= 4 is 0 Å². The number of furan rings is 1. The highest BCUT2D eigenvalue weighted by atomic mass is 16.3. The van der Waals surface area contributed by atoms with Gasteiger partial charge in [-0.25, -0.2) is 0 Å². The zero-order valence-corrected chi connectivity index (χ0v) is 11.5. The first-order valence-electron chi connectivity index (χ1n) is 7.28. The molecule has 0 saturated heterocycles. The van der Waals surface area contributed by atoms with Crippen molar-refractivity contribution in [3.8, 4) is 11.3 Å². The molecule has 1 aliphatic rings. The minimum absolute atomic E-state index is 0.807. The molecule has 0 fully saturated rings. The molecule has 1 aromatic carbocycles. The van der Waals surface area contributed by atoms with Crippen molar-refractivity contribution in [3.05, 3.63) is 47.2 Å². The van der Waals surface area contributed by atoms with Crippen molar-refractivity contribution in [1.82, 2.24) is 5.32 Å². The Kier molecular flexibility index (Phi) is 3.69. The summed E-state index contributed by atoms with van der Waals surface area (Å²) >= 11 is 0. The van der Waals surface area contributed by atoms with Gasteiger partial charge in [-0.2, -0.15) is 0 Å². The number of hydrogen-bond acceptors (Lipinski definition) is 2. The fourth-order valence-corrected chi connectivity index (χ4v) is 2.76. The van der Waals surface area contributed by atoms with Gasteiger partial charge in [0.05, 0.1) is 6.54 Å². The van der Waals surface area contributed by atoms with Crippen molar-refractivity contribution in [3.63, 3.8) is 0 Å². The molecule has 19 heavy (non-hydrogen) atoms. The topological polar surface area (TPSA) is 25.2 Å². The first-order chi connectivity index (χ1) is 9.36. The molecule has 2 nitrogen and oxygen atoms in total. The van der Waals surface area contributed by atoms with E-state index in [1.54, 1.807) is 0 Å². The second-order valence-corrected chi connectivity index (χ2v) is 5.24. The molecular weight excluding hydrogens is 234 g/mol. The summed E-state index contributed by atoms with van der Waals surface area (Å²) in [5, 5.41) is 3.29. The normalized spacial score (nSPS) is 14.4. The van der Waals surface area contributed by atoms with Crippen LogP contribution in [0.4, 0.5) is 0 Å². The van der Waals surface area contributed by atoms with E-state index in [0.717, 1.165) is 24.6 Å². The lowest BCUT2D eigenvalue weighted by Crippen LogP contribution is -2.10. The van der Waals surface area contributed by atoms with Gasteiger partial charge in [0.25, 0.3) is 0 Å². The second-order valence-electron chi connectivity index (χ2n) is 5.24. The van der Waals surface area contributed by atoms with Crippen LogP contribution in [-0.4, -0.2) is 6.54 Å². The molecule has 0 atom stereocenters. The molecule has 0 aliphatic heterocycles. The standard InChI is InChI=1S/C17H21NO/c1-2-18-12-16-9-10-17(19-16)15-8-7-13-5-3-4-6-14(13)11-15/h7-11,18H,2-6,12H2,1H3. The molecule has 0 bridgehead atoms. The lowest BCUT2D eigenvalue weighted by atomic mass is 9.90. The van der Waals surface area contributed by atoms with Crippen LogP contribution in [0.25, 0.3) is 11.3 Å². The Morgan fingerprint density at radius 2 is 1.89 bits per heavy atom. The molecule has 0 radical (unpaired) electrons. The summed E-state index contributed by atoms with van der Waals surface area (Å²) in [6.45, 7) is 3.88. The van der Waals surface area contributed by atoms with Crippen molar-refractivity contribution in [2.75, 3.05) is 6.54 Å². The molecule has 1 heterocycles. The number of fused-ring (bicyclic) bond motifs is 1. The summed E-state index contributed by atoms with van der Waals surface area (Å²) in [5.74, 6) is 2.00. The lowest BCUT2D eigenvalue weighted by molar-refractivity contribution is 0.498. The van der Waals surface area contributed by atoms with Crippen LogP contribution < -0.4 is 5.32 Å². The summed E-state index contributed by atoms with van der Waals surface area (Å²) in [7, 11) is 0. The van der Waals surface area contributed by atoms with Crippen LogP contribution in [-0.2, 0) is 19.4 Å². The smallest absolute Gasteiger partial charge is 0.134 e. The molecule has 2 heteroatoms. The van der Waals surface area contributed by atoms with Gasteiger partial charge in [0.15, 0.2) is 0 Å². The molecule has 0 amide bonds. The molecular formula is C17H21NO. The third-order valence-electron chi connectivity index (χ3n) is 3.84. The first kappa shape index (κ1) is 12.5. The summed E-state index contributed by atoms with van der Waals surface area (Å²) in [6.07, 6.45) is 5.10. The minimum Gasteiger partial charge on any atom is -0.460 e. The average Bonchev–Trinajstić information content (AvgIpc) is 2.93. The third-order valence-corrected chi connectivity index (χ3v) is 3.84. The van der Waals surface area contributed by atoms with Crippen molar-refractivity contribution in [2.45, 2.75) is 39.2 Å². The molecule has 100 valence electrons. The van der Waals surface area contributed by atoms with Crippen LogP contribution in [0.1, 0.15) is 36.7 Å². The van der Waals surface area contributed by atoms with Crippen molar-refractivity contribution < 1.29 is 4.42 Å². The summed E-state index contributed by atoms with van der Waals surface area (Å²) in [5.41, 5.74) is 4.24. The van der Waals surface area contributed by atoms with E-state index in [2.05, 4.69) is 42.6 Å². The fourth-order valence-electron chi connectivity index (χ4n) is 2.76. The van der Waals surface area contributed by atoms with Gasteiger partial charge in [-0.15, -0.1) is 0 Å². The van der Waals surface area contributed by atoms with E-state index >= 15 is 0 Å². The van der Waals surface area contributed by atoms with Crippen LogP contribution in [0.2, 0.25) is 0 Å². The monoisotopic (exact) mass is 255 g/mol. The van der Waals surface area contributed by atoms with E-state index in [4.69, 9.17) is 4.42 Å². The van der Waals surface area contributed by atoms with E-state index in [-0.39, 0.29) is 0 Å². The Bertz CT molecular complexity index is 556. The van der Waals surface area contributed by atoms with Crippen LogP contribution in [0.15, 0.2) is 34.7 Å². The Labute approximate surface area is 114 Å². The van der Waals surface area contributed by atoms with E-state index in [0.29, 0.717) is 0 Å². The van der Waals surface area contributed by atoms with E-state index in [1.165, 1.54) is 42.4 Å². The summed E-state index contributed by atoms with van der Waals surface area (Å²) in [6, 6.07) is 10.9. The highest BCUT2D eigenvalue weighted by Crippen LogP contribution is 2.28. The van der Waals surface area contributed by atoms with Crippen molar-refractivity contribution in [1.29, 1.82) is 0 Å². The largest absolute Gasteiger partial charge is 0.460 e. The van der Waals surface area contributed by atoms with E-state index < -0.39 is 0 Å². The van der Waals surface area contributed by atoms with Gasteiger partial charge in [0, 0.05) is 5.56 Å². The molecule has 1 aliphatic carbocycles. The van der Waals surface area contributed by atoms with Crippen molar-refractivity contribution in [2.24, 2.45) is 0 Å². The number of aryl methyl sites for hydroxylation is 2. The summed E-state index contributed by atoms with van der Waals surface area (Å²) in [4.78, 5) is 0. The number of hydrogen-bond donors (Lipinski definition) is 1. The van der Waals surface area contributed by atoms with Crippen LogP contribution in [0, 0.1) is 0 Å². The molecule has 2 aromatic rings. The van der Waals surface area contributed by atoms with Crippen LogP contribution in [0.5, 0.6) is 0 Å². The molecule has 1 N–H and O–H groups in total. The minimum atomic E-state index is 0.807. The van der Waals surface area contributed by atoms with E-state index in [1.807, 2.05) is 0 Å². The van der Waals surface area contributed by atoms with Crippen LogP contribution in [0.3, 0.4) is 0 Å². The molecule has 0 spiro atoms. The maximum absolute atomic E-state index is 5.90. The Morgan fingerprint density at radius 1 is 1.05 bits per heavy atom. The zero-order valence-electron chi connectivity index (χ0n) is 11.5. The van der Waals surface area contributed by atoms with Gasteiger partial charge >= 0.3 is 0 Å². The predicted octanol–water partition coefficient (Wildman–Crippen LogP) is 3.93. The Hall–Kier alpha value is -1.54. The highest BCUT2D eigenvalue weighted by Gasteiger charge is 2.11. The highest BCUT2D eigenvalue weighted by molar-refractivity contribution is 5.60. The quantitative estimate of drug-likeness (QED) is 0.895. The third kappa shape index (κ3) is 2.74. The second kappa shape index (κ2) is 5.62. The number of nitrogens with one attached hydrogen (secondary N) is 1. The number of rotatable bonds is 4. The van der Waals surface area contributed by atoms with Gasteiger partial charge in [0.2, 0.25) is 0 Å². The van der Waals surface area contributed by atoms with Gasteiger partial charge in [-0.05, 0) is 61.6 Å². The molecule has 1 aromatic heterocycles. The zero-order chi connectivity index (χ0) is 13.1. The van der Waals surface area contributed by atoms with Crippen LogP contribution >= 0.6 is 0 Å².